The molecule has 1 amide bonds. The number of hydrogen-bond donors (Lipinski definition) is 4. The summed E-state index contributed by atoms with van der Waals surface area (Å²) in [6, 6.07) is 9.70. The molecule has 9 nitrogen and oxygen atoms in total. The first kappa shape index (κ1) is 23.5. The molecule has 4 heterocycles. The molecule has 1 aliphatic heterocycles. The maximum absolute atomic E-state index is 11.6. The minimum absolute atomic E-state index is 0.0183. The van der Waals surface area contributed by atoms with E-state index in [1.807, 2.05) is 24.3 Å². The predicted molar refractivity (Wildman–Crippen MR) is 136 cm³/mol. The number of amides is 1. The van der Waals surface area contributed by atoms with Crippen LogP contribution < -0.4 is 20.7 Å². The first-order chi connectivity index (χ1) is 16.9. The Balaban J connectivity index is 1.18. The average Bonchev–Trinajstić information content (AvgIpc) is 2.88. The highest BCUT2D eigenvalue weighted by Gasteiger charge is 2.36. The lowest BCUT2D eigenvalue weighted by Gasteiger charge is -2.38. The normalized spacial score (nSPS) is 21.8. The van der Waals surface area contributed by atoms with Gasteiger partial charge in [-0.15, -0.1) is 11.8 Å². The van der Waals surface area contributed by atoms with E-state index in [1.54, 1.807) is 19.4 Å². The van der Waals surface area contributed by atoms with Gasteiger partial charge in [-0.05, 0) is 49.9 Å². The van der Waals surface area contributed by atoms with Crippen LogP contribution in [-0.4, -0.2) is 50.5 Å². The van der Waals surface area contributed by atoms with Crippen molar-refractivity contribution < 1.29 is 14.6 Å². The molecule has 0 spiro atoms. The lowest BCUT2D eigenvalue weighted by Crippen LogP contribution is -2.43. The number of fused-ring (bicyclic) bond motifs is 2. The summed E-state index contributed by atoms with van der Waals surface area (Å²) in [7, 11) is 1.57. The van der Waals surface area contributed by atoms with E-state index in [0.29, 0.717) is 48.1 Å². The number of anilines is 2. The van der Waals surface area contributed by atoms with Crippen molar-refractivity contribution in [3.8, 4) is 5.88 Å². The minimum atomic E-state index is -1.02. The molecule has 0 unspecified atom stereocenters. The summed E-state index contributed by atoms with van der Waals surface area (Å²) in [4.78, 5) is 26.1. The van der Waals surface area contributed by atoms with E-state index < -0.39 is 5.60 Å². The smallest absolute Gasteiger partial charge is 0.235 e. The molecule has 0 bridgehead atoms. The number of pyridine rings is 3. The van der Waals surface area contributed by atoms with Gasteiger partial charge >= 0.3 is 0 Å². The van der Waals surface area contributed by atoms with Crippen LogP contribution in [0.15, 0.2) is 53.7 Å². The van der Waals surface area contributed by atoms with Gasteiger partial charge in [-0.25, -0.2) is 9.97 Å². The molecule has 5 rings (SSSR count). The van der Waals surface area contributed by atoms with Gasteiger partial charge in [0.15, 0.2) is 0 Å². The fourth-order valence-electron chi connectivity index (χ4n) is 4.45. The Morgan fingerprint density at radius 3 is 2.89 bits per heavy atom. The van der Waals surface area contributed by atoms with E-state index in [0.717, 1.165) is 34.6 Å². The standard InChI is InChI=1S/C25H28N6O3S/c1-15(28-19-9-12-26-18-4-6-22(34-2)31-23(18)19)25(33)10-7-16(8-11-25)27-13-17-3-5-20-24(29-17)30-21(32)14-35-20/h3-6,9,12,16,27,33H,1,7-8,10-11,13-14H2,2H3,(H,26,28)(H,29,30,32)/t16-,25+. The third kappa shape index (κ3) is 5.09. The van der Waals surface area contributed by atoms with Crippen molar-refractivity contribution in [2.24, 2.45) is 0 Å². The second-order valence-electron chi connectivity index (χ2n) is 8.86. The molecule has 2 aliphatic rings. The van der Waals surface area contributed by atoms with Crippen LogP contribution in [0.1, 0.15) is 31.4 Å². The number of nitrogens with zero attached hydrogens (tertiary/aromatic N) is 3. The zero-order chi connectivity index (χ0) is 24.4. The van der Waals surface area contributed by atoms with E-state index in [1.165, 1.54) is 11.8 Å². The average molecular weight is 493 g/mol. The predicted octanol–water partition coefficient (Wildman–Crippen LogP) is 3.47. The molecule has 35 heavy (non-hydrogen) atoms. The van der Waals surface area contributed by atoms with Crippen LogP contribution in [0.4, 0.5) is 11.5 Å². The van der Waals surface area contributed by atoms with Crippen molar-refractivity contribution in [3.05, 3.63) is 54.5 Å². The Kier molecular flexibility index (Phi) is 6.59. The van der Waals surface area contributed by atoms with Gasteiger partial charge in [-0.1, -0.05) is 6.58 Å². The van der Waals surface area contributed by atoms with Crippen LogP contribution in [-0.2, 0) is 11.3 Å². The second kappa shape index (κ2) is 9.80. The van der Waals surface area contributed by atoms with Gasteiger partial charge in [0, 0.05) is 30.5 Å². The minimum Gasteiger partial charge on any atom is -0.481 e. The number of carbonyl (C=O) groups excluding carboxylic acids is 1. The van der Waals surface area contributed by atoms with Gasteiger partial charge in [0.25, 0.3) is 0 Å². The molecular formula is C25H28N6O3S. The van der Waals surface area contributed by atoms with E-state index >= 15 is 0 Å². The number of carbonyl (C=O) groups is 1. The van der Waals surface area contributed by atoms with Crippen LogP contribution >= 0.6 is 11.8 Å². The number of thioether (sulfide) groups is 1. The number of hydrogen-bond acceptors (Lipinski definition) is 9. The van der Waals surface area contributed by atoms with Crippen molar-refractivity contribution in [1.29, 1.82) is 0 Å². The van der Waals surface area contributed by atoms with Gasteiger partial charge in [0.05, 0.1) is 34.7 Å². The fraction of sp³-hybridized carbons (Fsp3) is 0.360. The van der Waals surface area contributed by atoms with Gasteiger partial charge in [-0.3, -0.25) is 9.78 Å². The van der Waals surface area contributed by atoms with Crippen molar-refractivity contribution in [2.45, 2.75) is 48.8 Å². The quantitative estimate of drug-likeness (QED) is 0.393. The zero-order valence-corrected chi connectivity index (χ0v) is 20.3. The first-order valence-electron chi connectivity index (χ1n) is 11.6. The summed E-state index contributed by atoms with van der Waals surface area (Å²) >= 11 is 1.51. The molecule has 0 aromatic carbocycles. The molecule has 182 valence electrons. The highest BCUT2D eigenvalue weighted by atomic mass is 32.2. The Morgan fingerprint density at radius 1 is 1.26 bits per heavy atom. The molecular weight excluding hydrogens is 464 g/mol. The van der Waals surface area contributed by atoms with Crippen LogP contribution in [0, 0.1) is 0 Å². The topological polar surface area (TPSA) is 121 Å². The molecule has 4 N–H and O–H groups in total. The third-order valence-corrected chi connectivity index (χ3v) is 7.58. The van der Waals surface area contributed by atoms with E-state index in [-0.39, 0.29) is 11.9 Å². The van der Waals surface area contributed by atoms with Crippen molar-refractivity contribution in [2.75, 3.05) is 23.5 Å². The van der Waals surface area contributed by atoms with Crippen molar-refractivity contribution in [3.63, 3.8) is 0 Å². The van der Waals surface area contributed by atoms with Crippen LogP contribution in [0.3, 0.4) is 0 Å². The van der Waals surface area contributed by atoms with Crippen LogP contribution in [0.25, 0.3) is 11.0 Å². The summed E-state index contributed by atoms with van der Waals surface area (Å²) in [6.07, 6.45) is 4.48. The number of rotatable bonds is 7. The Morgan fingerprint density at radius 2 is 2.09 bits per heavy atom. The number of aromatic nitrogens is 3. The molecule has 0 radical (unpaired) electrons. The Labute approximate surface area is 207 Å². The lowest BCUT2D eigenvalue weighted by atomic mass is 9.80. The maximum atomic E-state index is 11.6. The van der Waals surface area contributed by atoms with Crippen molar-refractivity contribution in [1.82, 2.24) is 20.3 Å². The summed E-state index contributed by atoms with van der Waals surface area (Å²) in [5.74, 6) is 1.55. The van der Waals surface area contributed by atoms with E-state index in [2.05, 4.69) is 37.5 Å². The monoisotopic (exact) mass is 492 g/mol. The highest BCUT2D eigenvalue weighted by molar-refractivity contribution is 8.00. The van der Waals surface area contributed by atoms with Gasteiger partial charge in [0.1, 0.15) is 16.9 Å². The molecule has 3 aromatic rings. The first-order valence-corrected chi connectivity index (χ1v) is 12.6. The Bertz CT molecular complexity index is 1280. The lowest BCUT2D eigenvalue weighted by molar-refractivity contribution is -0.113. The number of aliphatic hydroxyl groups is 1. The molecule has 3 aromatic heterocycles. The summed E-state index contributed by atoms with van der Waals surface area (Å²) in [5, 5.41) is 21.0. The molecule has 1 aliphatic carbocycles. The summed E-state index contributed by atoms with van der Waals surface area (Å²) < 4.78 is 5.25. The van der Waals surface area contributed by atoms with Crippen LogP contribution in [0.5, 0.6) is 5.88 Å². The van der Waals surface area contributed by atoms with Crippen molar-refractivity contribution >= 4 is 40.2 Å². The van der Waals surface area contributed by atoms with E-state index in [9.17, 15) is 9.90 Å². The summed E-state index contributed by atoms with van der Waals surface area (Å²) in [6.45, 7) is 4.76. The molecule has 0 atom stereocenters. The van der Waals surface area contributed by atoms with Gasteiger partial charge in [0.2, 0.25) is 11.8 Å². The molecule has 0 saturated heterocycles. The largest absolute Gasteiger partial charge is 0.481 e. The maximum Gasteiger partial charge on any atom is 0.235 e. The van der Waals surface area contributed by atoms with Gasteiger partial charge < -0.3 is 25.8 Å². The molecule has 1 saturated carbocycles. The fourth-order valence-corrected chi connectivity index (χ4v) is 5.21. The van der Waals surface area contributed by atoms with Gasteiger partial charge in [-0.2, -0.15) is 0 Å². The molecule has 10 heteroatoms. The highest BCUT2D eigenvalue weighted by Crippen LogP contribution is 2.35. The third-order valence-electron chi connectivity index (χ3n) is 6.53. The van der Waals surface area contributed by atoms with E-state index in [4.69, 9.17) is 4.74 Å². The number of methoxy groups -OCH3 is 1. The summed E-state index contributed by atoms with van der Waals surface area (Å²) in [5.41, 5.74) is 2.55. The second-order valence-corrected chi connectivity index (χ2v) is 9.87. The SMILES string of the molecule is C=C(Nc1ccnc2ccc(OC)nc12)[C@]1(O)CC[C@@H](NCc2ccc3c(n2)NC(=O)CS3)CC1. The zero-order valence-electron chi connectivity index (χ0n) is 19.5. The van der Waals surface area contributed by atoms with Crippen LogP contribution in [0.2, 0.25) is 0 Å². The molecule has 1 fully saturated rings. The Hall–Kier alpha value is -3.21. The number of nitrogens with one attached hydrogen (secondary N) is 3. The number of ether oxygens (including phenoxy) is 1.